The molecule has 94 valence electrons. The van der Waals surface area contributed by atoms with Crippen LogP contribution in [0.5, 0.6) is 0 Å². The minimum Gasteiger partial charge on any atom is -0.307 e. The average molecular weight is 272 g/mol. The second-order valence-corrected chi connectivity index (χ2v) is 4.51. The predicted octanol–water partition coefficient (Wildman–Crippen LogP) is 2.22. The quantitative estimate of drug-likeness (QED) is 0.864. The van der Waals surface area contributed by atoms with Crippen LogP contribution in [-0.4, -0.2) is 15.0 Å². The highest BCUT2D eigenvalue weighted by atomic mass is 32.1. The Morgan fingerprint density at radius 3 is 2.72 bits per heavy atom. The fourth-order valence-corrected chi connectivity index (χ4v) is 2.37. The molecule has 3 rings (SSSR count). The lowest BCUT2D eigenvalue weighted by Gasteiger charge is -2.11. The lowest BCUT2D eigenvalue weighted by molar-refractivity contribution is -0.141. The van der Waals surface area contributed by atoms with Crippen molar-refractivity contribution >= 4 is 11.3 Å². The van der Waals surface area contributed by atoms with Gasteiger partial charge in [-0.05, 0) is 0 Å². The molecule has 0 atom stereocenters. The molecule has 2 aromatic rings. The van der Waals surface area contributed by atoms with E-state index in [9.17, 15) is 13.2 Å². The maximum absolute atomic E-state index is 12.9. The van der Waals surface area contributed by atoms with Crippen molar-refractivity contribution < 1.29 is 13.2 Å². The number of rotatable bonds is 1. The summed E-state index contributed by atoms with van der Waals surface area (Å²) < 4.78 is 38.8. The summed E-state index contributed by atoms with van der Waals surface area (Å²) in [4.78, 5) is 11.7. The van der Waals surface area contributed by atoms with Crippen LogP contribution in [0.15, 0.2) is 10.9 Å². The van der Waals surface area contributed by atoms with Crippen LogP contribution in [0.2, 0.25) is 0 Å². The first-order chi connectivity index (χ1) is 8.55. The number of halogens is 3. The number of hydrogen-bond acceptors (Lipinski definition) is 5. The number of aromatic nitrogens is 3. The SMILES string of the molecule is FC(F)(F)c1nc(-c2cscn2)nc2c1CNC2. The Morgan fingerprint density at radius 1 is 1.22 bits per heavy atom. The van der Waals surface area contributed by atoms with E-state index < -0.39 is 11.9 Å². The van der Waals surface area contributed by atoms with Gasteiger partial charge in [-0.25, -0.2) is 15.0 Å². The number of nitrogens with one attached hydrogen (secondary N) is 1. The van der Waals surface area contributed by atoms with Gasteiger partial charge in [-0.1, -0.05) is 0 Å². The zero-order valence-electron chi connectivity index (χ0n) is 8.95. The molecule has 0 fully saturated rings. The van der Waals surface area contributed by atoms with Gasteiger partial charge >= 0.3 is 6.18 Å². The van der Waals surface area contributed by atoms with Crippen molar-refractivity contribution in [3.05, 3.63) is 27.8 Å². The predicted molar refractivity (Wildman–Crippen MR) is 58.7 cm³/mol. The standard InChI is InChI=1S/C10H7F3N4S/c11-10(12,13)8-5-1-14-2-6(5)16-9(17-8)7-3-18-4-15-7/h3-4,14H,1-2H2. The van der Waals surface area contributed by atoms with Crippen LogP contribution in [0.1, 0.15) is 17.0 Å². The Morgan fingerprint density at radius 2 is 2.06 bits per heavy atom. The summed E-state index contributed by atoms with van der Waals surface area (Å²) in [5.74, 6) is 0.0334. The van der Waals surface area contributed by atoms with Crippen molar-refractivity contribution in [2.45, 2.75) is 19.3 Å². The molecule has 0 saturated carbocycles. The highest BCUT2D eigenvalue weighted by Crippen LogP contribution is 2.34. The van der Waals surface area contributed by atoms with Crippen molar-refractivity contribution in [2.75, 3.05) is 0 Å². The van der Waals surface area contributed by atoms with Gasteiger partial charge in [0.2, 0.25) is 0 Å². The number of fused-ring (bicyclic) bond motifs is 1. The van der Waals surface area contributed by atoms with Crippen molar-refractivity contribution in [3.8, 4) is 11.5 Å². The van der Waals surface area contributed by atoms with Gasteiger partial charge in [0.25, 0.3) is 0 Å². The molecular formula is C10H7F3N4S. The molecular weight excluding hydrogens is 265 g/mol. The van der Waals surface area contributed by atoms with E-state index >= 15 is 0 Å². The van der Waals surface area contributed by atoms with E-state index in [0.29, 0.717) is 17.9 Å². The second-order valence-electron chi connectivity index (χ2n) is 3.80. The number of thiazole rings is 1. The van der Waals surface area contributed by atoms with E-state index in [1.165, 1.54) is 16.8 Å². The first-order valence-electron chi connectivity index (χ1n) is 5.12. The molecule has 8 heteroatoms. The zero-order valence-corrected chi connectivity index (χ0v) is 9.77. The van der Waals surface area contributed by atoms with Gasteiger partial charge in [-0.3, -0.25) is 0 Å². The minimum atomic E-state index is -4.47. The second kappa shape index (κ2) is 3.99. The highest BCUT2D eigenvalue weighted by Gasteiger charge is 2.38. The third kappa shape index (κ3) is 1.87. The topological polar surface area (TPSA) is 50.7 Å². The molecule has 1 aliphatic heterocycles. The van der Waals surface area contributed by atoms with E-state index in [-0.39, 0.29) is 17.9 Å². The summed E-state index contributed by atoms with van der Waals surface area (Å²) in [6.45, 7) is 0.486. The van der Waals surface area contributed by atoms with Crippen LogP contribution < -0.4 is 5.32 Å². The van der Waals surface area contributed by atoms with Crippen LogP contribution >= 0.6 is 11.3 Å². The number of nitrogens with zero attached hydrogens (tertiary/aromatic N) is 3. The van der Waals surface area contributed by atoms with Gasteiger partial charge in [-0.15, -0.1) is 11.3 Å². The summed E-state index contributed by atoms with van der Waals surface area (Å²) in [5, 5.41) is 4.48. The number of hydrogen-bond donors (Lipinski definition) is 1. The molecule has 4 nitrogen and oxygen atoms in total. The summed E-state index contributed by atoms with van der Waals surface area (Å²) in [6, 6.07) is 0. The molecule has 1 N–H and O–H groups in total. The largest absolute Gasteiger partial charge is 0.433 e. The van der Waals surface area contributed by atoms with Crippen LogP contribution in [0, 0.1) is 0 Å². The normalized spacial score (nSPS) is 14.8. The molecule has 0 aliphatic carbocycles. The maximum Gasteiger partial charge on any atom is 0.433 e. The molecule has 0 spiro atoms. The first kappa shape index (κ1) is 11.5. The Hall–Kier alpha value is -1.54. The average Bonchev–Trinajstić information content (AvgIpc) is 2.97. The Labute approximate surface area is 104 Å². The first-order valence-corrected chi connectivity index (χ1v) is 6.06. The minimum absolute atomic E-state index is 0.0334. The van der Waals surface area contributed by atoms with Crippen molar-refractivity contribution in [1.82, 2.24) is 20.3 Å². The summed E-state index contributed by atoms with van der Waals surface area (Å²) in [5.41, 5.74) is 1.60. The van der Waals surface area contributed by atoms with Gasteiger partial charge in [0.1, 0.15) is 5.69 Å². The Kier molecular flexibility index (Phi) is 2.56. The number of alkyl halides is 3. The lowest BCUT2D eigenvalue weighted by atomic mass is 10.1. The van der Waals surface area contributed by atoms with Crippen LogP contribution in [0.3, 0.4) is 0 Å². The van der Waals surface area contributed by atoms with E-state index in [2.05, 4.69) is 20.3 Å². The third-order valence-electron chi connectivity index (χ3n) is 2.62. The van der Waals surface area contributed by atoms with Crippen LogP contribution in [-0.2, 0) is 19.3 Å². The van der Waals surface area contributed by atoms with Gasteiger partial charge in [0.05, 0.1) is 11.2 Å². The third-order valence-corrected chi connectivity index (χ3v) is 3.20. The van der Waals surface area contributed by atoms with Crippen LogP contribution in [0.4, 0.5) is 13.2 Å². The smallest absolute Gasteiger partial charge is 0.307 e. The summed E-state index contributed by atoms with van der Waals surface area (Å²) >= 11 is 1.29. The van der Waals surface area contributed by atoms with Crippen molar-refractivity contribution in [2.24, 2.45) is 0 Å². The van der Waals surface area contributed by atoms with E-state index in [1.807, 2.05) is 0 Å². The monoisotopic (exact) mass is 272 g/mol. The molecule has 1 aliphatic rings. The van der Waals surface area contributed by atoms with Crippen molar-refractivity contribution in [1.29, 1.82) is 0 Å². The summed E-state index contributed by atoms with van der Waals surface area (Å²) in [7, 11) is 0. The molecule has 0 unspecified atom stereocenters. The van der Waals surface area contributed by atoms with Crippen molar-refractivity contribution in [3.63, 3.8) is 0 Å². The van der Waals surface area contributed by atoms with E-state index in [4.69, 9.17) is 0 Å². The van der Waals surface area contributed by atoms with Gasteiger partial charge in [-0.2, -0.15) is 13.2 Å². The zero-order chi connectivity index (χ0) is 12.8. The Balaban J connectivity index is 2.20. The Bertz CT molecular complexity index is 580. The maximum atomic E-state index is 12.9. The molecule has 18 heavy (non-hydrogen) atoms. The fourth-order valence-electron chi connectivity index (χ4n) is 1.84. The molecule has 0 saturated heterocycles. The molecule has 0 amide bonds. The van der Waals surface area contributed by atoms with Gasteiger partial charge in [0, 0.05) is 24.0 Å². The molecule has 0 aromatic carbocycles. The highest BCUT2D eigenvalue weighted by molar-refractivity contribution is 7.07. The fraction of sp³-hybridized carbons (Fsp3) is 0.300. The van der Waals surface area contributed by atoms with Gasteiger partial charge < -0.3 is 5.32 Å². The summed E-state index contributed by atoms with van der Waals surface area (Å²) in [6.07, 6.45) is -4.47. The van der Waals surface area contributed by atoms with E-state index in [1.54, 1.807) is 5.38 Å². The molecule has 2 aromatic heterocycles. The molecule has 0 bridgehead atoms. The lowest BCUT2D eigenvalue weighted by Crippen LogP contribution is -2.14. The van der Waals surface area contributed by atoms with E-state index in [0.717, 1.165) is 0 Å². The van der Waals surface area contributed by atoms with Gasteiger partial charge in [0.15, 0.2) is 11.5 Å². The van der Waals surface area contributed by atoms with Crippen LogP contribution in [0.25, 0.3) is 11.5 Å². The molecule has 0 radical (unpaired) electrons. The molecule has 3 heterocycles.